The van der Waals surface area contributed by atoms with E-state index in [0.717, 1.165) is 11.3 Å². The lowest BCUT2D eigenvalue weighted by molar-refractivity contribution is -0.121. The van der Waals surface area contributed by atoms with Crippen molar-refractivity contribution in [1.82, 2.24) is 4.90 Å². The third-order valence-corrected chi connectivity index (χ3v) is 6.67. The number of aryl methyl sites for hydroxylation is 1. The summed E-state index contributed by atoms with van der Waals surface area (Å²) in [5.74, 6) is 2.49. The van der Waals surface area contributed by atoms with E-state index in [2.05, 4.69) is 39.0 Å². The van der Waals surface area contributed by atoms with Crippen molar-refractivity contribution < 1.29 is 19.0 Å². The third-order valence-electron chi connectivity index (χ3n) is 5.29. The average molecular weight is 486 g/mol. The number of nitrogens with zero attached hydrogens (tertiary/aromatic N) is 1. The fourth-order valence-corrected chi connectivity index (χ4v) is 4.91. The number of carbonyl (C=O) groups excluding carboxylic acids is 1. The van der Waals surface area contributed by atoms with Gasteiger partial charge in [-0.1, -0.05) is 62.1 Å². The molecule has 0 unspecified atom stereocenters. The molecular formula is C26H31NO4S2. The van der Waals surface area contributed by atoms with Crippen LogP contribution in [0, 0.1) is 6.92 Å². The number of hydrogen-bond donors (Lipinski definition) is 0. The number of para-hydroxylation sites is 1. The van der Waals surface area contributed by atoms with Gasteiger partial charge in [0.1, 0.15) is 10.1 Å². The van der Waals surface area contributed by atoms with Gasteiger partial charge in [-0.2, -0.15) is 0 Å². The summed E-state index contributed by atoms with van der Waals surface area (Å²) in [5.41, 5.74) is 3.17. The predicted octanol–water partition coefficient (Wildman–Crippen LogP) is 6.20. The highest BCUT2D eigenvalue weighted by atomic mass is 32.2. The Labute approximate surface area is 206 Å². The standard InChI is InChI=1S/C26H31NO4S2/c1-6-27-25(28)23(33-26(27)32)16-19-9-7-10-21(29-5)24(19)31-14-8-13-30-22-15-18(4)11-12-20(22)17(2)3/h7,9-12,15-17H,6,8,13-14H2,1-5H3/b23-16+. The summed E-state index contributed by atoms with van der Waals surface area (Å²) < 4.78 is 18.3. The molecule has 2 aromatic carbocycles. The average Bonchev–Trinajstić information content (AvgIpc) is 3.06. The molecule has 1 aliphatic rings. The van der Waals surface area contributed by atoms with E-state index in [1.807, 2.05) is 31.2 Å². The lowest BCUT2D eigenvalue weighted by atomic mass is 10.0. The summed E-state index contributed by atoms with van der Waals surface area (Å²) in [6, 6.07) is 12.0. The topological polar surface area (TPSA) is 48.0 Å². The first-order valence-electron chi connectivity index (χ1n) is 11.1. The Balaban J connectivity index is 1.67. The molecule has 176 valence electrons. The van der Waals surface area contributed by atoms with Gasteiger partial charge in [0, 0.05) is 18.5 Å². The van der Waals surface area contributed by atoms with Gasteiger partial charge in [-0.05, 0) is 49.1 Å². The molecule has 7 heteroatoms. The van der Waals surface area contributed by atoms with Crippen LogP contribution in [0.3, 0.4) is 0 Å². The zero-order chi connectivity index (χ0) is 24.0. The number of ether oxygens (including phenoxy) is 3. The predicted molar refractivity (Wildman–Crippen MR) is 139 cm³/mol. The smallest absolute Gasteiger partial charge is 0.266 e. The van der Waals surface area contributed by atoms with Gasteiger partial charge in [-0.15, -0.1) is 0 Å². The highest BCUT2D eigenvalue weighted by Crippen LogP contribution is 2.37. The number of methoxy groups -OCH3 is 1. The molecule has 0 aliphatic carbocycles. The van der Waals surface area contributed by atoms with Gasteiger partial charge in [-0.25, -0.2) is 0 Å². The summed E-state index contributed by atoms with van der Waals surface area (Å²) >= 11 is 6.63. The maximum absolute atomic E-state index is 12.6. The molecule has 1 heterocycles. The van der Waals surface area contributed by atoms with Crippen LogP contribution in [0.1, 0.15) is 49.8 Å². The van der Waals surface area contributed by atoms with Gasteiger partial charge < -0.3 is 14.2 Å². The molecule has 1 amide bonds. The van der Waals surface area contributed by atoms with E-state index in [-0.39, 0.29) is 5.91 Å². The molecule has 0 aromatic heterocycles. The first kappa shape index (κ1) is 25.1. The van der Waals surface area contributed by atoms with Crippen molar-refractivity contribution in [2.45, 2.75) is 40.0 Å². The lowest BCUT2D eigenvalue weighted by Gasteiger charge is -2.16. The fourth-order valence-electron chi connectivity index (χ4n) is 3.53. The minimum absolute atomic E-state index is 0.0752. The molecular weight excluding hydrogens is 454 g/mol. The minimum Gasteiger partial charge on any atom is -0.493 e. The van der Waals surface area contributed by atoms with Crippen LogP contribution in [0.5, 0.6) is 17.2 Å². The Kier molecular flexibility index (Phi) is 8.80. The molecule has 5 nitrogen and oxygen atoms in total. The van der Waals surface area contributed by atoms with Crippen molar-refractivity contribution in [3.63, 3.8) is 0 Å². The number of likely N-dealkylation sites (N-methyl/N-ethyl adjacent to an activating group) is 1. The van der Waals surface area contributed by atoms with Crippen molar-refractivity contribution >= 4 is 40.3 Å². The van der Waals surface area contributed by atoms with Crippen LogP contribution in [0.25, 0.3) is 6.08 Å². The van der Waals surface area contributed by atoms with Crippen molar-refractivity contribution in [1.29, 1.82) is 0 Å². The molecule has 1 saturated heterocycles. The molecule has 1 fully saturated rings. The second kappa shape index (κ2) is 11.6. The van der Waals surface area contributed by atoms with Crippen LogP contribution in [-0.2, 0) is 4.79 Å². The van der Waals surface area contributed by atoms with Crippen molar-refractivity contribution in [3.8, 4) is 17.2 Å². The number of amides is 1. The van der Waals surface area contributed by atoms with Crippen LogP contribution >= 0.6 is 24.0 Å². The molecule has 0 bridgehead atoms. The van der Waals surface area contributed by atoms with E-state index in [9.17, 15) is 4.79 Å². The van der Waals surface area contributed by atoms with Gasteiger partial charge in [0.25, 0.3) is 5.91 Å². The van der Waals surface area contributed by atoms with E-state index in [0.29, 0.717) is 52.8 Å². The van der Waals surface area contributed by atoms with E-state index >= 15 is 0 Å². The maximum atomic E-state index is 12.6. The molecule has 0 atom stereocenters. The van der Waals surface area contributed by atoms with E-state index in [4.69, 9.17) is 26.4 Å². The Morgan fingerprint density at radius 3 is 2.55 bits per heavy atom. The molecule has 0 saturated carbocycles. The number of thiocarbonyl (C=S) groups is 1. The summed E-state index contributed by atoms with van der Waals surface area (Å²) in [7, 11) is 1.61. The second-order valence-electron chi connectivity index (χ2n) is 8.05. The SMILES string of the molecule is CCN1C(=O)/C(=C\c2cccc(OC)c2OCCCOc2cc(C)ccc2C(C)C)SC1=S. The molecule has 3 rings (SSSR count). The third kappa shape index (κ3) is 6.09. The van der Waals surface area contributed by atoms with Gasteiger partial charge in [-0.3, -0.25) is 9.69 Å². The number of hydrogen-bond acceptors (Lipinski definition) is 6. The van der Waals surface area contributed by atoms with Gasteiger partial charge in [0.2, 0.25) is 0 Å². The molecule has 0 N–H and O–H groups in total. The molecule has 0 radical (unpaired) electrons. The van der Waals surface area contributed by atoms with Crippen LogP contribution in [0.2, 0.25) is 0 Å². The second-order valence-corrected chi connectivity index (χ2v) is 9.73. The number of benzene rings is 2. The van der Waals surface area contributed by atoms with Crippen LogP contribution in [-0.4, -0.2) is 42.0 Å². The first-order chi connectivity index (χ1) is 15.8. The first-order valence-corrected chi connectivity index (χ1v) is 12.4. The number of rotatable bonds is 10. The Morgan fingerprint density at radius 2 is 1.88 bits per heavy atom. The lowest BCUT2D eigenvalue weighted by Crippen LogP contribution is -2.27. The van der Waals surface area contributed by atoms with Crippen LogP contribution in [0.4, 0.5) is 0 Å². The van der Waals surface area contributed by atoms with Crippen molar-refractivity contribution in [2.24, 2.45) is 0 Å². The zero-order valence-corrected chi connectivity index (χ0v) is 21.5. The van der Waals surface area contributed by atoms with E-state index < -0.39 is 0 Å². The summed E-state index contributed by atoms with van der Waals surface area (Å²) in [4.78, 5) is 14.8. The molecule has 0 spiro atoms. The summed E-state index contributed by atoms with van der Waals surface area (Å²) in [5, 5.41) is 0. The Morgan fingerprint density at radius 1 is 1.12 bits per heavy atom. The fraction of sp³-hybridized carbons (Fsp3) is 0.385. The van der Waals surface area contributed by atoms with Crippen LogP contribution < -0.4 is 14.2 Å². The molecule has 33 heavy (non-hydrogen) atoms. The molecule has 1 aliphatic heterocycles. The summed E-state index contributed by atoms with van der Waals surface area (Å²) in [6.45, 7) is 9.87. The zero-order valence-electron chi connectivity index (χ0n) is 19.8. The van der Waals surface area contributed by atoms with Crippen LogP contribution in [0.15, 0.2) is 41.3 Å². The maximum Gasteiger partial charge on any atom is 0.266 e. The quantitative estimate of drug-likeness (QED) is 0.227. The van der Waals surface area contributed by atoms with Gasteiger partial charge in [0.05, 0.1) is 25.2 Å². The van der Waals surface area contributed by atoms with Crippen molar-refractivity contribution in [3.05, 3.63) is 58.0 Å². The monoisotopic (exact) mass is 485 g/mol. The highest BCUT2D eigenvalue weighted by molar-refractivity contribution is 8.26. The van der Waals surface area contributed by atoms with Gasteiger partial charge in [0.15, 0.2) is 11.5 Å². The summed E-state index contributed by atoms with van der Waals surface area (Å²) in [6.07, 6.45) is 2.53. The number of carbonyl (C=O) groups is 1. The largest absolute Gasteiger partial charge is 0.493 e. The van der Waals surface area contributed by atoms with E-state index in [1.165, 1.54) is 22.9 Å². The van der Waals surface area contributed by atoms with E-state index in [1.54, 1.807) is 12.0 Å². The molecule has 2 aromatic rings. The van der Waals surface area contributed by atoms with Crippen molar-refractivity contribution in [2.75, 3.05) is 26.9 Å². The minimum atomic E-state index is -0.0752. The van der Waals surface area contributed by atoms with Gasteiger partial charge >= 0.3 is 0 Å². The Bertz CT molecular complexity index is 1050. The number of thioether (sulfide) groups is 1. The normalized spacial score (nSPS) is 15.0. The highest BCUT2D eigenvalue weighted by Gasteiger charge is 2.31. The Hall–Kier alpha value is -2.51.